The molecular weight excluding hydrogens is 274 g/mol. The molecule has 0 bridgehead atoms. The fraction of sp³-hybridized carbons (Fsp3) is 0.143. The van der Waals surface area contributed by atoms with Crippen LogP contribution in [0.4, 0.5) is 0 Å². The fourth-order valence-corrected chi connectivity index (χ4v) is 3.56. The van der Waals surface area contributed by atoms with Crippen molar-refractivity contribution in [3.8, 4) is 0 Å². The fourth-order valence-electron chi connectivity index (χ4n) is 0.680. The second kappa shape index (κ2) is 3.84. The van der Waals surface area contributed by atoms with E-state index in [0.717, 1.165) is 3.58 Å². The SMILES string of the molecule is Cc1cc[c]([Sn]([Cl])[Cl])cc1. The van der Waals surface area contributed by atoms with Crippen LogP contribution in [-0.4, -0.2) is 17.5 Å². The van der Waals surface area contributed by atoms with E-state index in [1.54, 1.807) is 0 Å². The van der Waals surface area contributed by atoms with Crippen molar-refractivity contribution in [1.82, 2.24) is 0 Å². The molecule has 0 saturated heterocycles. The van der Waals surface area contributed by atoms with Crippen LogP contribution in [0.3, 0.4) is 0 Å². The Morgan fingerprint density at radius 1 is 1.10 bits per heavy atom. The summed E-state index contributed by atoms with van der Waals surface area (Å²) in [6.45, 7) is 2.05. The van der Waals surface area contributed by atoms with E-state index in [4.69, 9.17) is 17.8 Å². The zero-order chi connectivity index (χ0) is 7.56. The predicted molar refractivity (Wildman–Crippen MR) is 48.3 cm³/mol. The molecule has 0 nitrogen and oxygen atoms in total. The molecular formula is C7H7Cl2Sn. The summed E-state index contributed by atoms with van der Waals surface area (Å²) in [6, 6.07) is 8.12. The third-order valence-corrected chi connectivity index (χ3v) is 6.39. The van der Waals surface area contributed by atoms with Crippen molar-refractivity contribution < 1.29 is 0 Å². The molecule has 0 spiro atoms. The van der Waals surface area contributed by atoms with Crippen LogP contribution in [0, 0.1) is 6.92 Å². The van der Waals surface area contributed by atoms with Crippen LogP contribution in [0.5, 0.6) is 0 Å². The third-order valence-electron chi connectivity index (χ3n) is 1.27. The molecule has 3 heteroatoms. The summed E-state index contributed by atoms with van der Waals surface area (Å²) < 4.78 is 1.15. The number of hydrogen-bond donors (Lipinski definition) is 0. The number of benzene rings is 1. The maximum atomic E-state index is 5.82. The average molecular weight is 281 g/mol. The maximum absolute atomic E-state index is 5.82. The van der Waals surface area contributed by atoms with Gasteiger partial charge in [0.15, 0.2) is 0 Å². The van der Waals surface area contributed by atoms with Crippen LogP contribution in [-0.2, 0) is 0 Å². The Labute approximate surface area is 75.3 Å². The first kappa shape index (κ1) is 8.69. The first-order chi connectivity index (χ1) is 4.70. The van der Waals surface area contributed by atoms with Crippen molar-refractivity contribution >= 4 is 38.9 Å². The Bertz CT molecular complexity index is 205. The van der Waals surface area contributed by atoms with Gasteiger partial charge in [0, 0.05) is 0 Å². The summed E-state index contributed by atoms with van der Waals surface area (Å²) in [7, 11) is 11.6. The summed E-state index contributed by atoms with van der Waals surface area (Å²) in [5.74, 6) is 0. The molecule has 1 aromatic rings. The Morgan fingerprint density at radius 3 is 2.00 bits per heavy atom. The van der Waals surface area contributed by atoms with Crippen LogP contribution < -0.4 is 3.58 Å². The van der Waals surface area contributed by atoms with Crippen LogP contribution in [0.1, 0.15) is 5.56 Å². The number of hydrogen-bond acceptors (Lipinski definition) is 0. The van der Waals surface area contributed by atoms with Crippen LogP contribution in [0.2, 0.25) is 0 Å². The van der Waals surface area contributed by atoms with Gasteiger partial charge in [-0.1, -0.05) is 0 Å². The van der Waals surface area contributed by atoms with Crippen LogP contribution in [0.25, 0.3) is 0 Å². The summed E-state index contributed by atoms with van der Waals surface area (Å²) in [5.41, 5.74) is 1.25. The van der Waals surface area contributed by atoms with Crippen LogP contribution >= 0.6 is 17.8 Å². The van der Waals surface area contributed by atoms with Crippen molar-refractivity contribution in [3.05, 3.63) is 29.8 Å². The summed E-state index contributed by atoms with van der Waals surface area (Å²) >= 11 is -2.11. The van der Waals surface area contributed by atoms with E-state index in [0.29, 0.717) is 0 Å². The second-order valence-electron chi connectivity index (χ2n) is 2.13. The van der Waals surface area contributed by atoms with Crippen molar-refractivity contribution in [1.29, 1.82) is 0 Å². The molecule has 1 rings (SSSR count). The molecule has 0 unspecified atom stereocenters. The molecule has 0 heterocycles. The van der Waals surface area contributed by atoms with Crippen molar-refractivity contribution in [2.75, 3.05) is 0 Å². The van der Waals surface area contributed by atoms with Gasteiger partial charge in [0.1, 0.15) is 0 Å². The molecule has 10 heavy (non-hydrogen) atoms. The van der Waals surface area contributed by atoms with Crippen molar-refractivity contribution in [2.45, 2.75) is 6.92 Å². The van der Waals surface area contributed by atoms with Gasteiger partial charge in [-0.15, -0.1) is 0 Å². The molecule has 0 atom stereocenters. The van der Waals surface area contributed by atoms with Gasteiger partial charge in [-0.3, -0.25) is 0 Å². The molecule has 0 N–H and O–H groups in total. The average Bonchev–Trinajstić information content (AvgIpc) is 1.88. The van der Waals surface area contributed by atoms with Gasteiger partial charge in [-0.2, -0.15) is 0 Å². The molecule has 0 aliphatic heterocycles. The minimum atomic E-state index is -2.11. The second-order valence-corrected chi connectivity index (χ2v) is 11.6. The monoisotopic (exact) mass is 281 g/mol. The van der Waals surface area contributed by atoms with Crippen LogP contribution in [0.15, 0.2) is 24.3 Å². The minimum absolute atomic E-state index is 1.15. The topological polar surface area (TPSA) is 0 Å². The quantitative estimate of drug-likeness (QED) is 0.692. The van der Waals surface area contributed by atoms with Gasteiger partial charge in [0.25, 0.3) is 0 Å². The Morgan fingerprint density at radius 2 is 1.60 bits per heavy atom. The van der Waals surface area contributed by atoms with Crippen molar-refractivity contribution in [3.63, 3.8) is 0 Å². The van der Waals surface area contributed by atoms with E-state index >= 15 is 0 Å². The van der Waals surface area contributed by atoms with E-state index in [-0.39, 0.29) is 0 Å². The summed E-state index contributed by atoms with van der Waals surface area (Å²) in [4.78, 5) is 0. The predicted octanol–water partition coefficient (Wildman–Crippen LogP) is 2.17. The molecule has 1 aromatic carbocycles. The first-order valence-corrected chi connectivity index (χ1v) is 11.6. The van der Waals surface area contributed by atoms with E-state index in [9.17, 15) is 0 Å². The molecule has 1 radical (unpaired) electrons. The first-order valence-electron chi connectivity index (χ1n) is 2.95. The van der Waals surface area contributed by atoms with Gasteiger partial charge < -0.3 is 0 Å². The van der Waals surface area contributed by atoms with Crippen molar-refractivity contribution in [2.24, 2.45) is 0 Å². The van der Waals surface area contributed by atoms with Gasteiger partial charge in [-0.05, 0) is 0 Å². The number of aryl methyl sites for hydroxylation is 1. The van der Waals surface area contributed by atoms with E-state index in [2.05, 4.69) is 6.92 Å². The zero-order valence-electron chi connectivity index (χ0n) is 5.57. The van der Waals surface area contributed by atoms with E-state index in [1.165, 1.54) is 5.56 Å². The van der Waals surface area contributed by atoms with E-state index in [1.807, 2.05) is 24.3 Å². The summed E-state index contributed by atoms with van der Waals surface area (Å²) in [5, 5.41) is 0. The molecule has 0 amide bonds. The molecule has 53 valence electrons. The molecule has 0 aliphatic rings. The Hall–Kier alpha value is 0.599. The van der Waals surface area contributed by atoms with Gasteiger partial charge in [0.2, 0.25) is 0 Å². The standard InChI is InChI=1S/C7H7.2ClH.Sn/c1-7-5-3-2-4-6-7;;;/h3-6H,1H3;2*1H;/q;;;+2/p-2. The molecule has 0 fully saturated rings. The molecule has 0 saturated carbocycles. The normalized spacial score (nSPS) is 10.4. The van der Waals surface area contributed by atoms with Gasteiger partial charge in [0.05, 0.1) is 0 Å². The Kier molecular flexibility index (Phi) is 3.34. The van der Waals surface area contributed by atoms with Gasteiger partial charge >= 0.3 is 75.7 Å². The zero-order valence-corrected chi connectivity index (χ0v) is 9.93. The molecule has 0 aliphatic carbocycles. The Balaban J connectivity index is 2.89. The van der Waals surface area contributed by atoms with Gasteiger partial charge in [-0.25, -0.2) is 0 Å². The number of halogens is 2. The summed E-state index contributed by atoms with van der Waals surface area (Å²) in [6.07, 6.45) is 0. The number of rotatable bonds is 1. The molecule has 0 aromatic heterocycles. The van der Waals surface area contributed by atoms with E-state index < -0.39 is 17.5 Å². The third kappa shape index (κ3) is 2.33.